The number of ketones is 1. The van der Waals surface area contributed by atoms with Gasteiger partial charge >= 0.3 is 0 Å². The number of aliphatic hydroxyl groups is 1. The standard InChI is InChI=1S/C47H64N4O7/c1-48-31-46(23-18-33(29-46)26-42(54)57-36-13-4-5-14-36)58-40-28-35-27-37(43(40)55)51-44(49-2)50-24-10-12-34-11-8-22-47(34,30-32-16-17-38(52)39(25-32)56-3)41(53)15-9-21-45(35)19-6-7-20-45/h9,15-17,25,27-28,33-34,36,42,48,52,54-55H,4-8,11-14,18-23,26,29-31H2,1-3H3,(H2,49,50,51)/b15-9+/t33-,34+,42-,46+,47+/m1/s1. The number of fused-ring (bicyclic) bond motifs is 4. The smallest absolute Gasteiger partial charge is 0.207 e. The van der Waals surface area contributed by atoms with Crippen LogP contribution >= 0.6 is 0 Å². The van der Waals surface area contributed by atoms with Crippen molar-refractivity contribution < 1.29 is 34.3 Å². The van der Waals surface area contributed by atoms with E-state index >= 15 is 0 Å². The minimum absolute atomic E-state index is 0.00442. The number of carbonyl (C=O) groups is 1. The lowest BCUT2D eigenvalue weighted by molar-refractivity contribution is -0.143. The van der Waals surface area contributed by atoms with E-state index in [1.807, 2.05) is 37.4 Å². The molecule has 2 aromatic carbocycles. The van der Waals surface area contributed by atoms with Gasteiger partial charge in [-0.3, -0.25) is 15.1 Å². The van der Waals surface area contributed by atoms with Crippen molar-refractivity contribution in [2.45, 2.75) is 139 Å². The van der Waals surface area contributed by atoms with Crippen molar-refractivity contribution in [3.05, 3.63) is 53.6 Å². The second-order valence-corrected chi connectivity index (χ2v) is 17.7. The van der Waals surface area contributed by atoms with E-state index in [0.29, 0.717) is 55.4 Å². The number of allylic oxidation sites excluding steroid dienone is 2. The Morgan fingerprint density at radius 3 is 2.57 bits per heavy atom. The molecule has 2 bridgehead atoms. The number of nitrogens with one attached hydrogen (secondary N) is 3. The number of ether oxygens (including phenoxy) is 3. The van der Waals surface area contributed by atoms with Crippen molar-refractivity contribution in [3.8, 4) is 35.0 Å². The quantitative estimate of drug-likeness (QED) is 0.0761. The number of guanidine groups is 1. The Morgan fingerprint density at radius 1 is 1.00 bits per heavy atom. The molecule has 5 aliphatic rings. The zero-order valence-electron chi connectivity index (χ0n) is 34.7. The van der Waals surface area contributed by atoms with Crippen molar-refractivity contribution in [2.24, 2.45) is 22.2 Å². The summed E-state index contributed by atoms with van der Waals surface area (Å²) in [5, 5.41) is 43.0. The first-order valence-electron chi connectivity index (χ1n) is 21.7. The number of phenols is 2. The molecule has 1 heterocycles. The summed E-state index contributed by atoms with van der Waals surface area (Å²) in [6.45, 7) is 0.587. The maximum atomic E-state index is 14.6. The number of nitrogens with zero attached hydrogens (tertiary/aromatic N) is 1. The Kier molecular flexibility index (Phi) is 13.3. The number of methoxy groups -OCH3 is 1. The number of phenolic OH excluding ortho intramolecular Hbond substituents is 2. The molecule has 11 nitrogen and oxygen atoms in total. The molecule has 11 heteroatoms. The first-order chi connectivity index (χ1) is 28.1. The first-order valence-corrected chi connectivity index (χ1v) is 21.7. The summed E-state index contributed by atoms with van der Waals surface area (Å²) in [6, 6.07) is 12.5. The fraction of sp³-hybridized carbons (Fsp3) is 0.617. The number of anilines is 1. The van der Waals surface area contributed by atoms with Crippen LogP contribution in [0.2, 0.25) is 0 Å². The maximum Gasteiger partial charge on any atom is 0.207 e. The van der Waals surface area contributed by atoms with Crippen molar-refractivity contribution in [2.75, 3.05) is 33.1 Å². The minimum atomic E-state index is -0.790. The van der Waals surface area contributed by atoms with Crippen LogP contribution < -0.4 is 25.4 Å². The van der Waals surface area contributed by atoms with Crippen molar-refractivity contribution in [1.82, 2.24) is 10.6 Å². The summed E-state index contributed by atoms with van der Waals surface area (Å²) in [7, 11) is 5.14. The highest BCUT2D eigenvalue weighted by atomic mass is 16.6. The molecule has 0 amide bonds. The maximum absolute atomic E-state index is 14.6. The van der Waals surface area contributed by atoms with Crippen LogP contribution in [-0.2, 0) is 21.4 Å². The highest BCUT2D eigenvalue weighted by Gasteiger charge is 2.48. The Balaban J connectivity index is 1.21. The summed E-state index contributed by atoms with van der Waals surface area (Å²) in [6.07, 6.45) is 18.9. The van der Waals surface area contributed by atoms with E-state index in [9.17, 15) is 20.1 Å². The lowest BCUT2D eigenvalue weighted by Gasteiger charge is -2.34. The molecule has 2 aromatic rings. The third-order valence-corrected chi connectivity index (χ3v) is 14.0. The van der Waals surface area contributed by atoms with E-state index < -0.39 is 17.3 Å². The fourth-order valence-corrected chi connectivity index (χ4v) is 11.0. The number of hydrogen-bond acceptors (Lipinski definition) is 9. The lowest BCUT2D eigenvalue weighted by atomic mass is 9.68. The summed E-state index contributed by atoms with van der Waals surface area (Å²) in [5.41, 5.74) is 0.974. The van der Waals surface area contributed by atoms with E-state index in [1.165, 1.54) is 7.11 Å². The third-order valence-electron chi connectivity index (χ3n) is 14.0. The van der Waals surface area contributed by atoms with Gasteiger partial charge in [0.25, 0.3) is 0 Å². The molecule has 314 valence electrons. The highest BCUT2D eigenvalue weighted by molar-refractivity contribution is 5.97. The molecule has 4 fully saturated rings. The van der Waals surface area contributed by atoms with E-state index in [-0.39, 0.29) is 40.6 Å². The van der Waals surface area contributed by atoms with Gasteiger partial charge in [-0.1, -0.05) is 50.2 Å². The van der Waals surface area contributed by atoms with Gasteiger partial charge in [-0.15, -0.1) is 0 Å². The number of aromatic hydroxyl groups is 2. The minimum Gasteiger partial charge on any atom is -0.504 e. The zero-order valence-corrected chi connectivity index (χ0v) is 34.7. The van der Waals surface area contributed by atoms with Crippen molar-refractivity contribution in [3.63, 3.8) is 0 Å². The van der Waals surface area contributed by atoms with Gasteiger partial charge in [-0.25, -0.2) is 0 Å². The molecule has 0 saturated heterocycles. The van der Waals surface area contributed by atoms with Crippen LogP contribution in [0, 0.1) is 29.2 Å². The number of hydrogen-bond donors (Lipinski definition) is 6. The molecule has 4 saturated carbocycles. The second-order valence-electron chi connectivity index (χ2n) is 17.7. The predicted molar refractivity (Wildman–Crippen MR) is 226 cm³/mol. The molecule has 7 rings (SSSR count). The van der Waals surface area contributed by atoms with Crippen LogP contribution in [-0.4, -0.2) is 72.8 Å². The molecular weight excluding hydrogens is 733 g/mol. The number of carbonyl (C=O) groups excluding carboxylic acids is 1. The molecule has 58 heavy (non-hydrogen) atoms. The van der Waals surface area contributed by atoms with E-state index in [2.05, 4.69) is 39.0 Å². The van der Waals surface area contributed by atoms with E-state index in [4.69, 9.17) is 14.2 Å². The SMILES string of the molecule is CN=C1NC#CC[C@@H]2CCC[C@@]2(Cc2ccc(O)c(OC)c2)C(=O)/C=C/CC2(CCCC2)c2cc(c(O)c(O[C@@]3(CNC)CC[C@H](C[C@H](O)OC4CCCC4)C3)c2)N1. The topological polar surface area (TPSA) is 154 Å². The molecule has 1 aliphatic heterocycles. The molecule has 0 radical (unpaired) electrons. The highest BCUT2D eigenvalue weighted by Crippen LogP contribution is 2.52. The van der Waals surface area contributed by atoms with Crippen LogP contribution in [0.15, 0.2) is 47.5 Å². The molecular formula is C47H64N4O7. The van der Waals surface area contributed by atoms with Gasteiger partial charge in [0.05, 0.1) is 18.9 Å². The van der Waals surface area contributed by atoms with Gasteiger partial charge < -0.3 is 40.2 Å². The first kappa shape index (κ1) is 41.9. The van der Waals surface area contributed by atoms with E-state index in [0.717, 1.165) is 101 Å². The molecule has 1 spiro atoms. The normalized spacial score (nSPS) is 29.0. The Bertz CT molecular complexity index is 1890. The van der Waals surface area contributed by atoms with Gasteiger partial charge in [0.2, 0.25) is 5.96 Å². The average Bonchev–Trinajstić information content (AvgIpc) is 4.04. The number of likely N-dealkylation sites (N-methyl/N-ethyl adjacent to an activating group) is 1. The Labute approximate surface area is 344 Å². The number of aliphatic hydroxyl groups excluding tert-OH is 1. The van der Waals surface area contributed by atoms with Gasteiger partial charge in [0.15, 0.2) is 35.1 Å². The van der Waals surface area contributed by atoms with Crippen LogP contribution in [0.1, 0.15) is 120 Å². The summed E-state index contributed by atoms with van der Waals surface area (Å²) >= 11 is 0. The molecule has 0 aromatic heterocycles. The summed E-state index contributed by atoms with van der Waals surface area (Å²) in [5.74, 6) is 4.96. The van der Waals surface area contributed by atoms with Crippen LogP contribution in [0.5, 0.6) is 23.0 Å². The van der Waals surface area contributed by atoms with Crippen LogP contribution in [0.3, 0.4) is 0 Å². The number of rotatable bonds is 11. The molecule has 4 aliphatic carbocycles. The fourth-order valence-electron chi connectivity index (χ4n) is 11.0. The zero-order chi connectivity index (χ0) is 40.8. The molecule has 6 N–H and O–H groups in total. The van der Waals surface area contributed by atoms with Gasteiger partial charge in [-0.2, -0.15) is 0 Å². The molecule has 5 atom stereocenters. The monoisotopic (exact) mass is 796 g/mol. The third kappa shape index (κ3) is 9.15. The van der Waals surface area contributed by atoms with Gasteiger partial charge in [-0.05, 0) is 136 Å². The Morgan fingerprint density at radius 2 is 1.81 bits per heavy atom. The number of benzene rings is 2. The van der Waals surface area contributed by atoms with Crippen molar-refractivity contribution in [1.29, 1.82) is 0 Å². The second kappa shape index (κ2) is 18.4. The lowest BCUT2D eigenvalue weighted by Crippen LogP contribution is -2.43. The van der Waals surface area contributed by atoms with Gasteiger partial charge in [0, 0.05) is 37.9 Å². The van der Waals surface area contributed by atoms with Gasteiger partial charge in [0.1, 0.15) is 5.60 Å². The number of aliphatic imine (C=N–C) groups is 1. The summed E-state index contributed by atoms with van der Waals surface area (Å²) < 4.78 is 18.5. The predicted octanol–water partition coefficient (Wildman–Crippen LogP) is 7.62. The van der Waals surface area contributed by atoms with Crippen LogP contribution in [0.4, 0.5) is 5.69 Å². The average molecular weight is 797 g/mol. The summed E-state index contributed by atoms with van der Waals surface area (Å²) in [4.78, 5) is 19.1. The largest absolute Gasteiger partial charge is 0.504 e. The van der Waals surface area contributed by atoms with E-state index in [1.54, 1.807) is 13.1 Å². The Hall–Kier alpha value is -4.24. The molecule has 0 unspecified atom stereocenters. The van der Waals surface area contributed by atoms with Crippen molar-refractivity contribution >= 4 is 17.4 Å². The van der Waals surface area contributed by atoms with Crippen LogP contribution in [0.25, 0.3) is 0 Å².